The van der Waals surface area contributed by atoms with E-state index in [-0.39, 0.29) is 11.7 Å². The Morgan fingerprint density at radius 2 is 1.89 bits per heavy atom. The number of allylic oxidation sites excluding steroid dienone is 1. The molecule has 3 N–H and O–H groups in total. The number of rotatable bonds is 1. The molecule has 4 atom stereocenters. The van der Waals surface area contributed by atoms with E-state index in [2.05, 4.69) is 0 Å². The maximum absolute atomic E-state index is 12.4. The minimum atomic E-state index is -1.44. The van der Waals surface area contributed by atoms with E-state index < -0.39 is 29.1 Å². The maximum Gasteiger partial charge on any atom is 0.160 e. The first kappa shape index (κ1) is 14.7. The van der Waals surface area contributed by atoms with E-state index >= 15 is 0 Å². The van der Waals surface area contributed by atoms with Crippen LogP contribution in [0.2, 0.25) is 0 Å². The molecule has 0 saturated heterocycles. The summed E-state index contributed by atoms with van der Waals surface area (Å²) in [5.41, 5.74) is -2.18. The van der Waals surface area contributed by atoms with E-state index in [0.717, 1.165) is 0 Å². The van der Waals surface area contributed by atoms with E-state index in [9.17, 15) is 20.1 Å². The minimum Gasteiger partial charge on any atom is -0.393 e. The number of carbonyl (C=O) groups excluding carboxylic acids is 1. The molecule has 4 nitrogen and oxygen atoms in total. The Bertz CT molecular complexity index is 439. The molecule has 2 aliphatic carbocycles. The first-order valence-corrected chi connectivity index (χ1v) is 6.82. The third-order valence-corrected chi connectivity index (χ3v) is 5.31. The molecular weight excluding hydrogens is 244 g/mol. The average molecular weight is 268 g/mol. The van der Waals surface area contributed by atoms with Crippen LogP contribution in [0.15, 0.2) is 11.6 Å². The van der Waals surface area contributed by atoms with Crippen LogP contribution in [0.3, 0.4) is 0 Å². The predicted molar refractivity (Wildman–Crippen MR) is 71.4 cm³/mol. The molecule has 0 aromatic heterocycles. The largest absolute Gasteiger partial charge is 0.393 e. The standard InChI is InChI=1S/C15H24O4/c1-9-5-11(18)12-13(2,3)6-10(17)7-14(12,4)15(9,19)8-16/h5,10,12,16-17,19H,6-8H2,1-4H3/t10-,12+,14+,15+/m1/s1. The van der Waals surface area contributed by atoms with Gasteiger partial charge in [-0.1, -0.05) is 20.8 Å². The van der Waals surface area contributed by atoms with Crippen LogP contribution in [0.25, 0.3) is 0 Å². The molecule has 0 spiro atoms. The van der Waals surface area contributed by atoms with Gasteiger partial charge in [-0.15, -0.1) is 0 Å². The Hall–Kier alpha value is -0.710. The van der Waals surface area contributed by atoms with E-state index in [0.29, 0.717) is 18.4 Å². The molecule has 108 valence electrons. The molecule has 0 radical (unpaired) electrons. The zero-order valence-electron chi connectivity index (χ0n) is 12.1. The predicted octanol–water partition coefficient (Wildman–Crippen LogP) is 1.04. The van der Waals surface area contributed by atoms with Gasteiger partial charge in [0.1, 0.15) is 5.60 Å². The lowest BCUT2D eigenvalue weighted by Gasteiger charge is -2.59. The van der Waals surface area contributed by atoms with Crippen molar-refractivity contribution in [3.63, 3.8) is 0 Å². The van der Waals surface area contributed by atoms with Crippen molar-refractivity contribution >= 4 is 5.78 Å². The Morgan fingerprint density at radius 1 is 1.32 bits per heavy atom. The summed E-state index contributed by atoms with van der Waals surface area (Å²) in [6.45, 7) is 6.94. The van der Waals surface area contributed by atoms with Gasteiger partial charge in [0.25, 0.3) is 0 Å². The maximum atomic E-state index is 12.4. The molecular formula is C15H24O4. The molecule has 0 bridgehead atoms. The van der Waals surface area contributed by atoms with E-state index in [1.54, 1.807) is 6.92 Å². The number of ketones is 1. The summed E-state index contributed by atoms with van der Waals surface area (Å²) in [6.07, 6.45) is 1.76. The fourth-order valence-electron chi connectivity index (χ4n) is 4.55. The smallest absolute Gasteiger partial charge is 0.160 e. The fraction of sp³-hybridized carbons (Fsp3) is 0.800. The third kappa shape index (κ3) is 1.81. The quantitative estimate of drug-likeness (QED) is 0.664. The number of carbonyl (C=O) groups is 1. The van der Waals surface area contributed by atoms with Gasteiger partial charge < -0.3 is 15.3 Å². The van der Waals surface area contributed by atoms with Crippen molar-refractivity contribution < 1.29 is 20.1 Å². The van der Waals surface area contributed by atoms with Gasteiger partial charge in [0.15, 0.2) is 5.78 Å². The summed E-state index contributed by atoms with van der Waals surface area (Å²) in [4.78, 5) is 12.4. The molecule has 4 heteroatoms. The van der Waals surface area contributed by atoms with Crippen molar-refractivity contribution in [2.24, 2.45) is 16.7 Å². The molecule has 0 aliphatic heterocycles. The second-order valence-corrected chi connectivity index (χ2v) is 7.15. The molecule has 1 saturated carbocycles. The molecule has 0 aromatic rings. The van der Waals surface area contributed by atoms with Gasteiger partial charge in [0.2, 0.25) is 0 Å². The Balaban J connectivity index is 2.64. The lowest BCUT2D eigenvalue weighted by Crippen LogP contribution is -2.65. The van der Waals surface area contributed by atoms with Crippen molar-refractivity contribution in [3.05, 3.63) is 11.6 Å². The van der Waals surface area contributed by atoms with Crippen LogP contribution < -0.4 is 0 Å². The molecule has 1 fully saturated rings. The molecule has 19 heavy (non-hydrogen) atoms. The van der Waals surface area contributed by atoms with Gasteiger partial charge in [0, 0.05) is 11.3 Å². The highest BCUT2D eigenvalue weighted by Gasteiger charge is 2.63. The highest BCUT2D eigenvalue weighted by atomic mass is 16.3. The van der Waals surface area contributed by atoms with Crippen molar-refractivity contribution in [1.82, 2.24) is 0 Å². The summed E-state index contributed by atoms with van der Waals surface area (Å²) in [7, 11) is 0. The highest BCUT2D eigenvalue weighted by molar-refractivity contribution is 5.95. The molecule has 0 amide bonds. The van der Waals surface area contributed by atoms with Crippen LogP contribution in [0, 0.1) is 16.7 Å². The zero-order chi connectivity index (χ0) is 14.6. The van der Waals surface area contributed by atoms with Gasteiger partial charge in [-0.25, -0.2) is 0 Å². The van der Waals surface area contributed by atoms with Gasteiger partial charge in [-0.2, -0.15) is 0 Å². The molecule has 0 aromatic carbocycles. The van der Waals surface area contributed by atoms with Gasteiger partial charge >= 0.3 is 0 Å². The van der Waals surface area contributed by atoms with Crippen molar-refractivity contribution in [2.75, 3.05) is 6.61 Å². The summed E-state index contributed by atoms with van der Waals surface area (Å²) in [5, 5.41) is 30.7. The average Bonchev–Trinajstić information content (AvgIpc) is 2.22. The lowest BCUT2D eigenvalue weighted by atomic mass is 9.46. The van der Waals surface area contributed by atoms with Crippen LogP contribution >= 0.6 is 0 Å². The van der Waals surface area contributed by atoms with Crippen LogP contribution in [0.1, 0.15) is 40.5 Å². The van der Waals surface area contributed by atoms with Crippen LogP contribution in [-0.2, 0) is 4.79 Å². The first-order chi connectivity index (χ1) is 8.58. The summed E-state index contributed by atoms with van der Waals surface area (Å²) >= 11 is 0. The SMILES string of the molecule is CC1=CC(=O)[C@H]2C(C)(C)C[C@@H](O)C[C@]2(C)[C@]1(O)CO. The van der Waals surface area contributed by atoms with Crippen molar-refractivity contribution in [1.29, 1.82) is 0 Å². The van der Waals surface area contributed by atoms with Crippen LogP contribution in [0.5, 0.6) is 0 Å². The van der Waals surface area contributed by atoms with Gasteiger partial charge in [-0.05, 0) is 36.8 Å². The van der Waals surface area contributed by atoms with Crippen LogP contribution in [0.4, 0.5) is 0 Å². The van der Waals surface area contributed by atoms with Gasteiger partial charge in [0.05, 0.1) is 12.7 Å². The number of aliphatic hydroxyl groups is 3. The van der Waals surface area contributed by atoms with Crippen molar-refractivity contribution in [3.8, 4) is 0 Å². The Kier molecular flexibility index (Phi) is 3.20. The van der Waals surface area contributed by atoms with Crippen molar-refractivity contribution in [2.45, 2.75) is 52.2 Å². The molecule has 2 rings (SSSR count). The minimum absolute atomic E-state index is 0.00461. The zero-order valence-corrected chi connectivity index (χ0v) is 12.1. The summed E-state index contributed by atoms with van der Waals surface area (Å²) in [6, 6.07) is 0. The first-order valence-electron chi connectivity index (χ1n) is 6.82. The second-order valence-electron chi connectivity index (χ2n) is 7.15. The Labute approximate surface area is 114 Å². The number of hydrogen-bond acceptors (Lipinski definition) is 4. The topological polar surface area (TPSA) is 77.8 Å². The summed E-state index contributed by atoms with van der Waals surface area (Å²) < 4.78 is 0. The number of hydrogen-bond donors (Lipinski definition) is 3. The second kappa shape index (κ2) is 4.14. The number of fused-ring (bicyclic) bond motifs is 1. The highest BCUT2D eigenvalue weighted by Crippen LogP contribution is 2.59. The lowest BCUT2D eigenvalue weighted by molar-refractivity contribution is -0.186. The molecule has 0 heterocycles. The van der Waals surface area contributed by atoms with E-state index in [1.165, 1.54) is 6.08 Å². The Morgan fingerprint density at radius 3 is 2.42 bits per heavy atom. The van der Waals surface area contributed by atoms with E-state index in [1.807, 2.05) is 20.8 Å². The third-order valence-electron chi connectivity index (χ3n) is 5.31. The van der Waals surface area contributed by atoms with Gasteiger partial charge in [-0.3, -0.25) is 4.79 Å². The normalized spacial score (nSPS) is 45.6. The summed E-state index contributed by atoms with van der Waals surface area (Å²) in [5.74, 6) is -0.390. The molecule has 2 aliphatic rings. The monoisotopic (exact) mass is 268 g/mol. The van der Waals surface area contributed by atoms with E-state index in [4.69, 9.17) is 0 Å². The fourth-order valence-corrected chi connectivity index (χ4v) is 4.55. The number of aliphatic hydroxyl groups excluding tert-OH is 2. The van der Waals surface area contributed by atoms with Crippen LogP contribution in [-0.4, -0.2) is 39.4 Å². The molecule has 0 unspecified atom stereocenters.